The summed E-state index contributed by atoms with van der Waals surface area (Å²) in [7, 11) is 0. The molecule has 2 aliphatic rings. The Hall–Kier alpha value is -4.74. The van der Waals surface area contributed by atoms with Crippen LogP contribution < -0.4 is 31.9 Å². The molecule has 2 aliphatic heterocycles. The molecule has 2 fully saturated rings. The zero-order valence-electron chi connectivity index (χ0n) is 46.0. The maximum Gasteiger partial charge on any atom is 0.328 e. The molecule has 428 valence electrons. The summed E-state index contributed by atoms with van der Waals surface area (Å²) >= 11 is 12.6. The molecule has 2 saturated heterocycles. The second-order valence-electron chi connectivity index (χ2n) is 22.5. The van der Waals surface area contributed by atoms with E-state index in [1.54, 1.807) is 21.9 Å². The third-order valence-electron chi connectivity index (χ3n) is 13.7. The van der Waals surface area contributed by atoms with Crippen molar-refractivity contribution in [3.63, 3.8) is 0 Å². The first kappa shape index (κ1) is 67.4. The largest absolute Gasteiger partial charge is 0.478 e. The predicted octanol–water partition coefficient (Wildman–Crippen LogP) is 3.72. The number of nitrogens with zero attached hydrogens (tertiary/aromatic N) is 4. The second-order valence-corrected chi connectivity index (χ2v) is 23.3. The van der Waals surface area contributed by atoms with Crippen LogP contribution >= 0.6 is 23.2 Å². The fourth-order valence-corrected chi connectivity index (χ4v) is 8.75. The number of nitrogens with one attached hydrogen (secondary N) is 2. The Labute approximate surface area is 458 Å². The number of para-hydroxylation sites is 2. The van der Waals surface area contributed by atoms with Crippen molar-refractivity contribution in [2.45, 2.75) is 130 Å². The lowest BCUT2D eigenvalue weighted by Crippen LogP contribution is -2.64. The van der Waals surface area contributed by atoms with Crippen LogP contribution in [0.25, 0.3) is 0 Å². The highest BCUT2D eigenvalue weighted by molar-refractivity contribution is 6.34. The number of aliphatic hydroxyl groups is 4. The van der Waals surface area contributed by atoms with E-state index in [9.17, 15) is 49.2 Å². The quantitative estimate of drug-likeness (QED) is 0.0670. The van der Waals surface area contributed by atoms with Crippen LogP contribution in [-0.4, -0.2) is 177 Å². The van der Waals surface area contributed by atoms with Crippen molar-refractivity contribution in [1.82, 2.24) is 20.4 Å². The van der Waals surface area contributed by atoms with E-state index < -0.39 is 47.1 Å². The van der Waals surface area contributed by atoms with Crippen molar-refractivity contribution in [2.24, 2.45) is 34.1 Å². The molecule has 20 nitrogen and oxygen atoms in total. The molecule has 12 N–H and O–H groups in total. The van der Waals surface area contributed by atoms with Gasteiger partial charge in [0.15, 0.2) is 0 Å². The van der Waals surface area contributed by atoms with E-state index in [-0.39, 0.29) is 85.7 Å². The van der Waals surface area contributed by atoms with Crippen LogP contribution in [0.4, 0.5) is 11.4 Å². The van der Waals surface area contributed by atoms with E-state index in [0.29, 0.717) is 85.7 Å². The normalized spacial score (nSPS) is 18.5. The smallest absolute Gasteiger partial charge is 0.328 e. The van der Waals surface area contributed by atoms with Crippen LogP contribution in [0.15, 0.2) is 60.7 Å². The van der Waals surface area contributed by atoms with E-state index >= 15 is 0 Å². The van der Waals surface area contributed by atoms with Crippen molar-refractivity contribution in [3.8, 4) is 0 Å². The van der Waals surface area contributed by atoms with Crippen LogP contribution in [0.5, 0.6) is 0 Å². The number of carbonyl (C=O) groups excluding carboxylic acids is 4. The molecule has 2 aromatic rings. The molecular weight excluding hydrogens is 1020 g/mol. The van der Waals surface area contributed by atoms with Gasteiger partial charge < -0.3 is 62.5 Å². The molecule has 0 radical (unpaired) electrons. The van der Waals surface area contributed by atoms with Gasteiger partial charge in [0, 0.05) is 110 Å². The summed E-state index contributed by atoms with van der Waals surface area (Å²) < 4.78 is 0. The number of benzene rings is 2. The van der Waals surface area contributed by atoms with Gasteiger partial charge in [-0.2, -0.15) is 0 Å². The van der Waals surface area contributed by atoms with Crippen molar-refractivity contribution in [2.75, 3.05) is 75.4 Å². The van der Waals surface area contributed by atoms with Crippen molar-refractivity contribution in [3.05, 3.63) is 70.7 Å². The average Bonchev–Trinajstić information content (AvgIpc) is 3.35. The lowest BCUT2D eigenvalue weighted by Gasteiger charge is -2.47. The number of aliphatic carboxylic acids is 2. The Morgan fingerprint density at radius 2 is 0.961 bits per heavy atom. The summed E-state index contributed by atoms with van der Waals surface area (Å²) in [6.45, 7) is 21.9. The third kappa shape index (κ3) is 21.6. The SMILES string of the molecule is CC[C@H](C[C@H](O)[C@@H](N)CN1CC(=O)N(c2ccccc2Cl)CC1(C)C)C(=O)NCC(C)(C)CO.CC[C@H](C[C@H](O)[C@@H](N)CN1CC(=O)N(c2ccccc2Cl)CC1(C)C)C(=O)NCC(C)(C)CO.O=C(O)/C=C/C(=O)O. The van der Waals surface area contributed by atoms with E-state index in [1.165, 1.54) is 0 Å². The molecular formula is C54H86Cl2N8O12. The number of carboxylic acid groups (broad SMARTS) is 2. The number of aliphatic hydroxyl groups excluding tert-OH is 4. The minimum absolute atomic E-state index is 0.0319. The Morgan fingerprint density at radius 1 is 0.645 bits per heavy atom. The summed E-state index contributed by atoms with van der Waals surface area (Å²) in [5.74, 6) is -3.75. The minimum Gasteiger partial charge on any atom is -0.478 e. The molecule has 0 aromatic heterocycles. The summed E-state index contributed by atoms with van der Waals surface area (Å²) in [5.41, 5.74) is 12.5. The van der Waals surface area contributed by atoms with E-state index in [4.69, 9.17) is 44.9 Å². The maximum atomic E-state index is 12.9. The number of hydrogen-bond acceptors (Lipinski definition) is 14. The summed E-state index contributed by atoms with van der Waals surface area (Å²) in [6, 6.07) is 13.3. The minimum atomic E-state index is -1.26. The van der Waals surface area contributed by atoms with Crippen LogP contribution in [-0.2, 0) is 28.8 Å². The predicted molar refractivity (Wildman–Crippen MR) is 296 cm³/mol. The van der Waals surface area contributed by atoms with Gasteiger partial charge >= 0.3 is 11.9 Å². The summed E-state index contributed by atoms with van der Waals surface area (Å²) in [4.78, 5) is 77.6. The Balaban J connectivity index is 0.000000454. The van der Waals surface area contributed by atoms with E-state index in [1.807, 2.05) is 115 Å². The van der Waals surface area contributed by atoms with Gasteiger partial charge in [0.2, 0.25) is 23.6 Å². The van der Waals surface area contributed by atoms with Crippen LogP contribution in [0, 0.1) is 22.7 Å². The Kier molecular flexibility index (Phi) is 27.0. The average molecular weight is 1110 g/mol. The lowest BCUT2D eigenvalue weighted by atomic mass is 9.91. The number of halogens is 2. The lowest BCUT2D eigenvalue weighted by molar-refractivity contribution is -0.134. The first-order valence-electron chi connectivity index (χ1n) is 25.6. The molecule has 2 heterocycles. The number of carboxylic acids is 2. The number of anilines is 2. The number of hydrogen-bond donors (Lipinski definition) is 10. The Morgan fingerprint density at radius 3 is 1.24 bits per heavy atom. The molecule has 4 rings (SSSR count). The standard InChI is InChI=1S/2C25H41ClN4O4.C4H4O4/c2*1-6-17(23(34)28-14-24(2,3)16-31)11-21(32)19(27)12-29-13-22(33)30(15-25(29,4)5)20-10-8-7-9-18(20)26;5-3(6)1-2-4(7)8/h2*7-10,17,19,21,31-32H,6,11-16,27H2,1-5H3,(H,28,34);1-2H,(H,5,6)(H,7,8)/b;;2-1+/t2*17-,19+,21+;/m11./s1. The monoisotopic (exact) mass is 1110 g/mol. The highest BCUT2D eigenvalue weighted by Crippen LogP contribution is 2.33. The topological polar surface area (TPSA) is 313 Å². The van der Waals surface area contributed by atoms with Crippen LogP contribution in [0.3, 0.4) is 0 Å². The second kappa shape index (κ2) is 30.4. The summed E-state index contributed by atoms with van der Waals surface area (Å²) in [6.07, 6.45) is 0.924. The van der Waals surface area contributed by atoms with Gasteiger partial charge in [-0.15, -0.1) is 0 Å². The molecule has 4 amide bonds. The zero-order valence-corrected chi connectivity index (χ0v) is 47.5. The number of carbonyl (C=O) groups is 6. The molecule has 22 heteroatoms. The molecule has 2 aromatic carbocycles. The highest BCUT2D eigenvalue weighted by atomic mass is 35.5. The molecule has 6 atom stereocenters. The first-order valence-corrected chi connectivity index (χ1v) is 26.4. The van der Waals surface area contributed by atoms with Crippen molar-refractivity contribution in [1.29, 1.82) is 0 Å². The van der Waals surface area contributed by atoms with E-state index in [2.05, 4.69) is 10.6 Å². The zero-order chi connectivity index (χ0) is 57.9. The van der Waals surface area contributed by atoms with E-state index in [0.717, 1.165) is 0 Å². The fourth-order valence-electron chi connectivity index (χ4n) is 8.28. The van der Waals surface area contributed by atoms with Gasteiger partial charge in [0.1, 0.15) is 0 Å². The Bertz CT molecular complexity index is 2110. The van der Waals surface area contributed by atoms with Gasteiger partial charge in [-0.25, -0.2) is 9.59 Å². The number of amides is 4. The number of rotatable bonds is 24. The van der Waals surface area contributed by atoms with Crippen molar-refractivity contribution < 1.29 is 59.4 Å². The highest BCUT2D eigenvalue weighted by Gasteiger charge is 2.42. The van der Waals surface area contributed by atoms with Crippen molar-refractivity contribution >= 4 is 70.1 Å². The van der Waals surface area contributed by atoms with Gasteiger partial charge in [0.05, 0.1) is 46.7 Å². The number of nitrogens with two attached hydrogens (primary N) is 2. The number of piperazine rings is 2. The fraction of sp³-hybridized carbons (Fsp3) is 0.630. The first-order chi connectivity index (χ1) is 35.2. The third-order valence-corrected chi connectivity index (χ3v) is 14.3. The maximum absolute atomic E-state index is 12.9. The molecule has 0 aliphatic carbocycles. The van der Waals surface area contributed by atoms with Crippen LogP contribution in [0.1, 0.15) is 94.9 Å². The van der Waals surface area contributed by atoms with Crippen LogP contribution in [0.2, 0.25) is 10.0 Å². The summed E-state index contributed by atoms with van der Waals surface area (Å²) in [5, 5.41) is 62.8. The van der Waals surface area contributed by atoms with Gasteiger partial charge in [-0.05, 0) is 77.6 Å². The molecule has 0 unspecified atom stereocenters. The molecule has 0 bridgehead atoms. The van der Waals surface area contributed by atoms with Gasteiger partial charge in [0.25, 0.3) is 0 Å². The van der Waals surface area contributed by atoms with Gasteiger partial charge in [-0.3, -0.25) is 29.0 Å². The molecule has 76 heavy (non-hydrogen) atoms. The van der Waals surface area contributed by atoms with Gasteiger partial charge in [-0.1, -0.05) is 89.0 Å². The molecule has 0 spiro atoms. The molecule has 0 saturated carbocycles.